The Morgan fingerprint density at radius 3 is 2.94 bits per heavy atom. The number of amides is 1. The number of nitrogens with one attached hydrogen (secondary N) is 1. The number of hydrogen-bond donors (Lipinski definition) is 1. The van der Waals surface area contributed by atoms with Gasteiger partial charge in [0.1, 0.15) is 0 Å². The second-order valence-corrected chi connectivity index (χ2v) is 5.16. The SMILES string of the molecule is CCC(CC#N)NC(=O)c1cc(Cl)ccc1I. The predicted octanol–water partition coefficient (Wildman–Crippen LogP) is 3.37. The van der Waals surface area contributed by atoms with Crippen LogP contribution in [0.3, 0.4) is 0 Å². The van der Waals surface area contributed by atoms with Crippen LogP contribution in [-0.4, -0.2) is 11.9 Å². The molecule has 1 atom stereocenters. The normalized spacial score (nSPS) is 11.6. The molecular weight excluding hydrogens is 351 g/mol. The summed E-state index contributed by atoms with van der Waals surface area (Å²) in [4.78, 5) is 12.0. The van der Waals surface area contributed by atoms with Crippen molar-refractivity contribution in [3.63, 3.8) is 0 Å². The van der Waals surface area contributed by atoms with Crippen LogP contribution in [0.2, 0.25) is 5.02 Å². The average Bonchev–Trinajstić information content (AvgIpc) is 2.31. The number of benzene rings is 1. The molecule has 0 aliphatic carbocycles. The van der Waals surface area contributed by atoms with Gasteiger partial charge in [-0.05, 0) is 47.2 Å². The molecule has 1 amide bonds. The van der Waals surface area contributed by atoms with Crippen molar-refractivity contribution in [2.75, 3.05) is 0 Å². The summed E-state index contributed by atoms with van der Waals surface area (Å²) in [6.07, 6.45) is 1.05. The molecule has 1 unspecified atom stereocenters. The van der Waals surface area contributed by atoms with Crippen LogP contribution in [-0.2, 0) is 0 Å². The highest BCUT2D eigenvalue weighted by Crippen LogP contribution is 2.18. The fourth-order valence-electron chi connectivity index (χ4n) is 1.34. The van der Waals surface area contributed by atoms with Crippen molar-refractivity contribution in [1.82, 2.24) is 5.32 Å². The number of carbonyl (C=O) groups excluding carboxylic acids is 1. The first-order chi connectivity index (χ1) is 8.08. The highest BCUT2D eigenvalue weighted by Gasteiger charge is 2.14. The predicted molar refractivity (Wildman–Crippen MR) is 75.9 cm³/mol. The van der Waals surface area contributed by atoms with Crippen molar-refractivity contribution in [1.29, 1.82) is 5.26 Å². The first-order valence-corrected chi connectivity index (χ1v) is 6.67. The molecule has 0 aromatic heterocycles. The standard InChI is InChI=1S/C12H12ClIN2O/c1-2-9(5-6-15)16-12(17)10-7-8(13)3-4-11(10)14/h3-4,7,9H,2,5H2,1H3,(H,16,17). The van der Waals surface area contributed by atoms with Gasteiger partial charge in [-0.3, -0.25) is 4.79 Å². The van der Waals surface area contributed by atoms with Gasteiger partial charge in [0.2, 0.25) is 0 Å². The van der Waals surface area contributed by atoms with Gasteiger partial charge in [-0.2, -0.15) is 5.26 Å². The molecule has 0 saturated carbocycles. The van der Waals surface area contributed by atoms with E-state index in [-0.39, 0.29) is 11.9 Å². The molecule has 0 heterocycles. The summed E-state index contributed by atoms with van der Waals surface area (Å²) in [5, 5.41) is 12.0. The van der Waals surface area contributed by atoms with Crippen LogP contribution in [0.15, 0.2) is 18.2 Å². The molecule has 0 saturated heterocycles. The van der Waals surface area contributed by atoms with E-state index in [1.807, 2.05) is 6.92 Å². The summed E-state index contributed by atoms with van der Waals surface area (Å²) in [6, 6.07) is 7.12. The second kappa shape index (κ2) is 6.82. The quantitative estimate of drug-likeness (QED) is 0.835. The van der Waals surface area contributed by atoms with E-state index in [0.29, 0.717) is 17.0 Å². The van der Waals surface area contributed by atoms with Crippen LogP contribution in [0.5, 0.6) is 0 Å². The third-order valence-corrected chi connectivity index (χ3v) is 3.51. The minimum absolute atomic E-state index is 0.109. The molecule has 5 heteroatoms. The van der Waals surface area contributed by atoms with E-state index in [1.54, 1.807) is 18.2 Å². The molecule has 0 spiro atoms. The molecule has 3 nitrogen and oxygen atoms in total. The summed E-state index contributed by atoms with van der Waals surface area (Å²) in [6.45, 7) is 1.94. The Kier molecular flexibility index (Phi) is 5.72. The zero-order valence-electron chi connectivity index (χ0n) is 9.34. The van der Waals surface area contributed by atoms with Gasteiger partial charge in [0.05, 0.1) is 18.1 Å². The number of hydrogen-bond acceptors (Lipinski definition) is 2. The third kappa shape index (κ3) is 4.17. The van der Waals surface area contributed by atoms with Crippen molar-refractivity contribution in [3.05, 3.63) is 32.4 Å². The molecule has 0 fully saturated rings. The molecule has 1 aromatic carbocycles. The molecule has 17 heavy (non-hydrogen) atoms. The Morgan fingerprint density at radius 2 is 2.35 bits per heavy atom. The van der Waals surface area contributed by atoms with Gasteiger partial charge in [-0.15, -0.1) is 0 Å². The van der Waals surface area contributed by atoms with E-state index in [1.165, 1.54) is 0 Å². The highest BCUT2D eigenvalue weighted by atomic mass is 127. The maximum atomic E-state index is 12.0. The van der Waals surface area contributed by atoms with E-state index in [0.717, 1.165) is 9.99 Å². The van der Waals surface area contributed by atoms with Crippen LogP contribution in [0, 0.1) is 14.9 Å². The van der Waals surface area contributed by atoms with Crippen LogP contribution >= 0.6 is 34.2 Å². The topological polar surface area (TPSA) is 52.9 Å². The zero-order chi connectivity index (χ0) is 12.8. The lowest BCUT2D eigenvalue weighted by atomic mass is 10.1. The van der Waals surface area contributed by atoms with Gasteiger partial charge in [-0.25, -0.2) is 0 Å². The number of carbonyl (C=O) groups is 1. The summed E-state index contributed by atoms with van der Waals surface area (Å²) in [5.74, 6) is -0.181. The fourth-order valence-corrected chi connectivity index (χ4v) is 2.09. The summed E-state index contributed by atoms with van der Waals surface area (Å²) in [5.41, 5.74) is 0.550. The Labute approximate surface area is 119 Å². The second-order valence-electron chi connectivity index (χ2n) is 3.57. The Hall–Kier alpha value is -0.800. The van der Waals surface area contributed by atoms with Crippen molar-refractivity contribution in [3.8, 4) is 6.07 Å². The summed E-state index contributed by atoms with van der Waals surface area (Å²) >= 11 is 7.94. The molecule has 1 aromatic rings. The molecule has 0 aliphatic rings. The van der Waals surface area contributed by atoms with E-state index in [4.69, 9.17) is 16.9 Å². The highest BCUT2D eigenvalue weighted by molar-refractivity contribution is 14.1. The lowest BCUT2D eigenvalue weighted by Gasteiger charge is -2.14. The Balaban J connectivity index is 2.82. The van der Waals surface area contributed by atoms with Crippen LogP contribution < -0.4 is 5.32 Å². The lowest BCUT2D eigenvalue weighted by Crippen LogP contribution is -2.34. The monoisotopic (exact) mass is 362 g/mol. The zero-order valence-corrected chi connectivity index (χ0v) is 12.2. The van der Waals surface area contributed by atoms with E-state index >= 15 is 0 Å². The van der Waals surface area contributed by atoms with Gasteiger partial charge in [0.15, 0.2) is 0 Å². The van der Waals surface area contributed by atoms with Crippen LogP contribution in [0.4, 0.5) is 0 Å². The maximum Gasteiger partial charge on any atom is 0.252 e. The smallest absolute Gasteiger partial charge is 0.252 e. The Bertz CT molecular complexity index is 456. The first-order valence-electron chi connectivity index (χ1n) is 5.21. The first kappa shape index (κ1) is 14.3. The van der Waals surface area contributed by atoms with Gasteiger partial charge in [-0.1, -0.05) is 18.5 Å². The van der Waals surface area contributed by atoms with Gasteiger partial charge < -0.3 is 5.32 Å². The van der Waals surface area contributed by atoms with Crippen molar-refractivity contribution in [2.45, 2.75) is 25.8 Å². The van der Waals surface area contributed by atoms with Gasteiger partial charge >= 0.3 is 0 Å². The molecular formula is C12H12ClIN2O. The molecule has 0 bridgehead atoms. The minimum Gasteiger partial charge on any atom is -0.348 e. The summed E-state index contributed by atoms with van der Waals surface area (Å²) in [7, 11) is 0. The van der Waals surface area contributed by atoms with Crippen LogP contribution in [0.25, 0.3) is 0 Å². The number of nitrogens with zero attached hydrogens (tertiary/aromatic N) is 1. The molecule has 90 valence electrons. The largest absolute Gasteiger partial charge is 0.348 e. The number of nitriles is 1. The Morgan fingerprint density at radius 1 is 1.65 bits per heavy atom. The van der Waals surface area contributed by atoms with Crippen molar-refractivity contribution < 1.29 is 4.79 Å². The molecule has 0 radical (unpaired) electrons. The fraction of sp³-hybridized carbons (Fsp3) is 0.333. The van der Waals surface area contributed by atoms with Crippen LogP contribution in [0.1, 0.15) is 30.1 Å². The van der Waals surface area contributed by atoms with E-state index < -0.39 is 0 Å². The third-order valence-electron chi connectivity index (χ3n) is 2.34. The van der Waals surface area contributed by atoms with E-state index in [2.05, 4.69) is 34.0 Å². The van der Waals surface area contributed by atoms with Crippen molar-refractivity contribution in [2.24, 2.45) is 0 Å². The minimum atomic E-state index is -0.181. The molecule has 1 rings (SSSR count). The summed E-state index contributed by atoms with van der Waals surface area (Å²) < 4.78 is 0.844. The maximum absolute atomic E-state index is 12.0. The van der Waals surface area contributed by atoms with E-state index in [9.17, 15) is 4.79 Å². The lowest BCUT2D eigenvalue weighted by molar-refractivity contribution is 0.0935. The average molecular weight is 363 g/mol. The van der Waals surface area contributed by atoms with Crippen molar-refractivity contribution >= 4 is 40.1 Å². The number of halogens is 2. The molecule has 0 aliphatic heterocycles. The molecule has 1 N–H and O–H groups in total. The van der Waals surface area contributed by atoms with Gasteiger partial charge in [0.25, 0.3) is 5.91 Å². The van der Waals surface area contributed by atoms with Gasteiger partial charge in [0, 0.05) is 14.6 Å². The number of rotatable bonds is 4.